The molecule has 0 fully saturated rings. The van der Waals surface area contributed by atoms with Crippen molar-refractivity contribution in [3.8, 4) is 0 Å². The van der Waals surface area contributed by atoms with E-state index in [2.05, 4.69) is 46.6 Å². The summed E-state index contributed by atoms with van der Waals surface area (Å²) in [6.07, 6.45) is 2.10. The molecule has 2 rings (SSSR count). The average molecular weight is 273 g/mol. The van der Waals surface area contributed by atoms with Crippen LogP contribution in [-0.4, -0.2) is 6.26 Å². The van der Waals surface area contributed by atoms with E-state index in [0.29, 0.717) is 0 Å². The molecule has 0 nitrogen and oxygen atoms in total. The van der Waals surface area contributed by atoms with Gasteiger partial charge in [-0.3, -0.25) is 0 Å². The molecule has 0 saturated carbocycles. The number of halogens is 1. The summed E-state index contributed by atoms with van der Waals surface area (Å²) < 4.78 is 2.61. The highest BCUT2D eigenvalue weighted by Gasteiger charge is 2.07. The number of rotatable bonds is 1. The molecule has 0 spiro atoms. The largest absolute Gasteiger partial charge is 0.142 e. The Morgan fingerprint density at radius 2 is 2.15 bits per heavy atom. The van der Waals surface area contributed by atoms with Crippen molar-refractivity contribution >= 4 is 49.1 Å². The molecule has 13 heavy (non-hydrogen) atoms. The van der Waals surface area contributed by atoms with Crippen molar-refractivity contribution in [3.05, 3.63) is 27.5 Å². The zero-order valence-electron chi connectivity index (χ0n) is 7.43. The third kappa shape index (κ3) is 1.53. The van der Waals surface area contributed by atoms with Crippen LogP contribution >= 0.6 is 39.0 Å². The lowest BCUT2D eigenvalue weighted by molar-refractivity contribution is 1.47. The van der Waals surface area contributed by atoms with Gasteiger partial charge in [0.05, 0.1) is 0 Å². The first kappa shape index (κ1) is 9.56. The Morgan fingerprint density at radius 3 is 2.85 bits per heavy atom. The highest BCUT2D eigenvalue weighted by atomic mass is 79.9. The highest BCUT2D eigenvalue weighted by molar-refractivity contribution is 9.10. The van der Waals surface area contributed by atoms with Gasteiger partial charge in [-0.15, -0.1) is 23.1 Å². The summed E-state index contributed by atoms with van der Waals surface area (Å²) in [5, 5.41) is 3.58. The van der Waals surface area contributed by atoms with Crippen molar-refractivity contribution in [1.82, 2.24) is 0 Å². The molecule has 0 atom stereocenters. The van der Waals surface area contributed by atoms with Crippen LogP contribution in [0.25, 0.3) is 10.1 Å². The Hall–Kier alpha value is 0.01000. The van der Waals surface area contributed by atoms with Crippen LogP contribution < -0.4 is 0 Å². The number of hydrogen-bond donors (Lipinski definition) is 0. The number of aryl methyl sites for hydroxylation is 1. The fraction of sp³-hybridized carbons (Fsp3) is 0.200. The summed E-state index contributed by atoms with van der Waals surface area (Å²) in [4.78, 5) is 1.31. The summed E-state index contributed by atoms with van der Waals surface area (Å²) in [6.45, 7) is 2.16. The van der Waals surface area contributed by atoms with E-state index in [1.807, 2.05) is 11.3 Å². The van der Waals surface area contributed by atoms with E-state index < -0.39 is 0 Å². The smallest absolute Gasteiger partial charge is 0.0498 e. The predicted octanol–water partition coefficient (Wildman–Crippen LogP) is 4.69. The van der Waals surface area contributed by atoms with E-state index in [-0.39, 0.29) is 0 Å². The minimum Gasteiger partial charge on any atom is -0.142 e. The molecule has 0 radical (unpaired) electrons. The van der Waals surface area contributed by atoms with Crippen LogP contribution in [-0.2, 0) is 0 Å². The standard InChI is InChI=1S/C10H9BrS2/c1-6-5-13-10-7(6)3-4-8(12-2)9(10)11/h3-5H,1-2H3. The summed E-state index contributed by atoms with van der Waals surface area (Å²) in [7, 11) is 0. The van der Waals surface area contributed by atoms with Gasteiger partial charge in [-0.1, -0.05) is 6.07 Å². The summed E-state index contributed by atoms with van der Waals surface area (Å²) in [5.41, 5.74) is 1.37. The van der Waals surface area contributed by atoms with Crippen LogP contribution in [0.2, 0.25) is 0 Å². The van der Waals surface area contributed by atoms with Gasteiger partial charge in [0.25, 0.3) is 0 Å². The minimum absolute atomic E-state index is 1.25. The molecule has 1 heterocycles. The second kappa shape index (κ2) is 3.64. The number of hydrogen-bond acceptors (Lipinski definition) is 2. The van der Waals surface area contributed by atoms with Gasteiger partial charge in [-0.05, 0) is 51.5 Å². The molecule has 1 aromatic heterocycles. The van der Waals surface area contributed by atoms with Gasteiger partial charge in [0, 0.05) is 14.1 Å². The van der Waals surface area contributed by atoms with Crippen LogP contribution in [0.5, 0.6) is 0 Å². The first-order valence-corrected chi connectivity index (χ1v) is 6.84. The fourth-order valence-corrected chi connectivity index (χ4v) is 3.98. The fourth-order valence-electron chi connectivity index (χ4n) is 1.33. The van der Waals surface area contributed by atoms with Crippen molar-refractivity contribution < 1.29 is 0 Å². The number of thioether (sulfide) groups is 1. The molecule has 0 aliphatic heterocycles. The van der Waals surface area contributed by atoms with E-state index in [0.717, 1.165) is 0 Å². The van der Waals surface area contributed by atoms with Gasteiger partial charge < -0.3 is 0 Å². The molecule has 2 aromatic rings. The topological polar surface area (TPSA) is 0 Å². The molecule has 0 unspecified atom stereocenters. The number of benzene rings is 1. The van der Waals surface area contributed by atoms with Crippen LogP contribution in [0.4, 0.5) is 0 Å². The molecule has 0 N–H and O–H groups in total. The van der Waals surface area contributed by atoms with Gasteiger partial charge in [0.15, 0.2) is 0 Å². The van der Waals surface area contributed by atoms with Crippen molar-refractivity contribution in [2.45, 2.75) is 11.8 Å². The Kier molecular flexibility index (Phi) is 2.67. The molecule has 3 heteroatoms. The Balaban J connectivity index is 2.80. The molecule has 0 bridgehead atoms. The normalized spacial score (nSPS) is 11.0. The van der Waals surface area contributed by atoms with E-state index in [1.165, 1.54) is 25.0 Å². The van der Waals surface area contributed by atoms with Gasteiger partial charge in [0.2, 0.25) is 0 Å². The van der Waals surface area contributed by atoms with Crippen LogP contribution in [0.3, 0.4) is 0 Å². The lowest BCUT2D eigenvalue weighted by Crippen LogP contribution is -1.74. The maximum Gasteiger partial charge on any atom is 0.0498 e. The first-order valence-electron chi connectivity index (χ1n) is 3.94. The number of thiophene rings is 1. The number of fused-ring (bicyclic) bond motifs is 1. The third-order valence-corrected chi connectivity index (χ3v) is 5.32. The molecular weight excluding hydrogens is 264 g/mol. The maximum atomic E-state index is 3.64. The molecule has 0 saturated heterocycles. The Labute approximate surface area is 94.5 Å². The molecular formula is C10H9BrS2. The predicted molar refractivity (Wildman–Crippen MR) is 66.0 cm³/mol. The van der Waals surface area contributed by atoms with Gasteiger partial charge in [0.1, 0.15) is 0 Å². The minimum atomic E-state index is 1.25. The summed E-state index contributed by atoms with van der Waals surface area (Å²) in [6, 6.07) is 4.38. The molecule has 0 aliphatic carbocycles. The zero-order valence-corrected chi connectivity index (χ0v) is 10.6. The van der Waals surface area contributed by atoms with Crippen molar-refractivity contribution in [3.63, 3.8) is 0 Å². The highest BCUT2D eigenvalue weighted by Crippen LogP contribution is 2.37. The zero-order chi connectivity index (χ0) is 9.42. The summed E-state index contributed by atoms with van der Waals surface area (Å²) in [5.74, 6) is 0. The molecule has 68 valence electrons. The van der Waals surface area contributed by atoms with Crippen molar-refractivity contribution in [2.24, 2.45) is 0 Å². The molecule has 1 aromatic carbocycles. The van der Waals surface area contributed by atoms with Gasteiger partial charge in [-0.2, -0.15) is 0 Å². The first-order chi connectivity index (χ1) is 6.24. The molecule has 0 amide bonds. The molecule has 0 aliphatic rings. The average Bonchev–Trinajstić information content (AvgIpc) is 2.50. The van der Waals surface area contributed by atoms with Crippen LogP contribution in [0.1, 0.15) is 5.56 Å². The van der Waals surface area contributed by atoms with Gasteiger partial charge in [-0.25, -0.2) is 0 Å². The van der Waals surface area contributed by atoms with E-state index >= 15 is 0 Å². The lowest BCUT2D eigenvalue weighted by atomic mass is 10.2. The second-order valence-electron chi connectivity index (χ2n) is 2.88. The summed E-state index contributed by atoms with van der Waals surface area (Å²) >= 11 is 7.23. The van der Waals surface area contributed by atoms with Crippen molar-refractivity contribution in [2.75, 3.05) is 6.26 Å². The van der Waals surface area contributed by atoms with E-state index in [9.17, 15) is 0 Å². The lowest BCUT2D eigenvalue weighted by Gasteiger charge is -2.01. The van der Waals surface area contributed by atoms with Gasteiger partial charge >= 0.3 is 0 Å². The Morgan fingerprint density at radius 1 is 1.38 bits per heavy atom. The monoisotopic (exact) mass is 272 g/mol. The van der Waals surface area contributed by atoms with E-state index in [4.69, 9.17) is 0 Å². The van der Waals surface area contributed by atoms with Crippen molar-refractivity contribution in [1.29, 1.82) is 0 Å². The maximum absolute atomic E-state index is 3.64. The third-order valence-electron chi connectivity index (χ3n) is 2.06. The second-order valence-corrected chi connectivity index (χ2v) is 5.40. The van der Waals surface area contributed by atoms with E-state index in [1.54, 1.807) is 11.8 Å². The van der Waals surface area contributed by atoms with Crippen LogP contribution in [0.15, 0.2) is 26.9 Å². The SMILES string of the molecule is CSc1ccc2c(C)csc2c1Br. The Bertz CT molecular complexity index is 445. The van der Waals surface area contributed by atoms with Crippen LogP contribution in [0, 0.1) is 6.92 Å². The quantitative estimate of drug-likeness (QED) is 0.679.